The molecule has 1 aliphatic carbocycles. The number of halogens is 1. The molecule has 25 heavy (non-hydrogen) atoms. The summed E-state index contributed by atoms with van der Waals surface area (Å²) in [6.07, 6.45) is 7.68. The number of nitrogens with one attached hydrogen (secondary N) is 1. The molecular formula is C20H24FN3O. The highest BCUT2D eigenvalue weighted by Gasteiger charge is 2.34. The lowest BCUT2D eigenvalue weighted by molar-refractivity contribution is 0.161. The van der Waals surface area contributed by atoms with Gasteiger partial charge in [0.25, 0.3) is 0 Å². The highest BCUT2D eigenvalue weighted by Crippen LogP contribution is 2.34. The summed E-state index contributed by atoms with van der Waals surface area (Å²) in [5, 5.41) is 3.19. The van der Waals surface area contributed by atoms with Crippen LogP contribution in [0.3, 0.4) is 0 Å². The third-order valence-electron chi connectivity index (χ3n) is 5.43. The van der Waals surface area contributed by atoms with E-state index in [1.807, 2.05) is 24.4 Å². The van der Waals surface area contributed by atoms with Gasteiger partial charge in [-0.1, -0.05) is 37.5 Å². The molecule has 1 aromatic heterocycles. The first-order chi connectivity index (χ1) is 12.2. The average molecular weight is 341 g/mol. The minimum absolute atomic E-state index is 0.0763. The Morgan fingerprint density at radius 2 is 1.84 bits per heavy atom. The number of hydrogen-bond acceptors (Lipinski definition) is 1. The molecule has 2 aromatic rings. The molecule has 0 saturated heterocycles. The third kappa shape index (κ3) is 3.15. The van der Waals surface area contributed by atoms with Crippen LogP contribution in [0.15, 0.2) is 42.6 Å². The first kappa shape index (κ1) is 16.2. The van der Waals surface area contributed by atoms with Crippen molar-refractivity contribution >= 4 is 6.03 Å². The maximum Gasteiger partial charge on any atom is 0.318 e. The summed E-state index contributed by atoms with van der Waals surface area (Å²) in [5.41, 5.74) is 1.52. The van der Waals surface area contributed by atoms with Crippen molar-refractivity contribution in [1.82, 2.24) is 14.8 Å². The fraction of sp³-hybridized carbons (Fsp3) is 0.450. The molecule has 2 amide bonds. The predicted octanol–water partition coefficient (Wildman–Crippen LogP) is 4.07. The van der Waals surface area contributed by atoms with Crippen LogP contribution in [-0.4, -0.2) is 28.1 Å². The van der Waals surface area contributed by atoms with Crippen molar-refractivity contribution < 1.29 is 9.18 Å². The van der Waals surface area contributed by atoms with Crippen LogP contribution in [0.2, 0.25) is 0 Å². The van der Waals surface area contributed by atoms with E-state index in [1.165, 1.54) is 25.3 Å². The molecule has 2 heterocycles. The van der Waals surface area contributed by atoms with Crippen molar-refractivity contribution in [1.29, 1.82) is 0 Å². The molecular weight excluding hydrogens is 317 g/mol. The van der Waals surface area contributed by atoms with Gasteiger partial charge in [-0.25, -0.2) is 9.18 Å². The molecule has 4 nitrogen and oxygen atoms in total. The van der Waals surface area contributed by atoms with Gasteiger partial charge in [0.15, 0.2) is 0 Å². The molecule has 1 fully saturated rings. The maximum absolute atomic E-state index is 14.5. The van der Waals surface area contributed by atoms with E-state index in [2.05, 4.69) is 9.88 Å². The molecule has 4 rings (SSSR count). The Morgan fingerprint density at radius 1 is 1.04 bits per heavy atom. The van der Waals surface area contributed by atoms with E-state index in [9.17, 15) is 9.18 Å². The Hall–Kier alpha value is -2.30. The monoisotopic (exact) mass is 341 g/mol. The highest BCUT2D eigenvalue weighted by molar-refractivity contribution is 5.76. The van der Waals surface area contributed by atoms with Gasteiger partial charge in [-0.15, -0.1) is 0 Å². The second-order valence-corrected chi connectivity index (χ2v) is 7.03. The van der Waals surface area contributed by atoms with Gasteiger partial charge >= 0.3 is 6.03 Å². The summed E-state index contributed by atoms with van der Waals surface area (Å²) in [6.45, 7) is 1.32. The summed E-state index contributed by atoms with van der Waals surface area (Å²) in [4.78, 5) is 14.8. The number of amides is 2. The zero-order valence-corrected chi connectivity index (χ0v) is 14.3. The number of benzene rings is 1. The van der Waals surface area contributed by atoms with Crippen LogP contribution in [0.25, 0.3) is 0 Å². The van der Waals surface area contributed by atoms with Gasteiger partial charge in [0.2, 0.25) is 0 Å². The molecule has 1 aliphatic heterocycles. The Labute approximate surface area is 147 Å². The molecule has 0 radical (unpaired) electrons. The molecule has 0 spiro atoms. The minimum atomic E-state index is -0.381. The van der Waals surface area contributed by atoms with Crippen molar-refractivity contribution in [2.24, 2.45) is 0 Å². The number of urea groups is 1. The molecule has 0 unspecified atom stereocenters. The Kier molecular flexibility index (Phi) is 4.47. The van der Waals surface area contributed by atoms with Crippen LogP contribution in [0.1, 0.15) is 49.4 Å². The lowest BCUT2D eigenvalue weighted by Crippen LogP contribution is -2.50. The second-order valence-electron chi connectivity index (χ2n) is 7.03. The van der Waals surface area contributed by atoms with E-state index in [4.69, 9.17) is 0 Å². The van der Waals surface area contributed by atoms with Crippen LogP contribution in [0.5, 0.6) is 0 Å². The Bertz CT molecular complexity index is 751. The van der Waals surface area contributed by atoms with Crippen LogP contribution in [-0.2, 0) is 6.54 Å². The van der Waals surface area contributed by atoms with Gasteiger partial charge in [-0.2, -0.15) is 0 Å². The van der Waals surface area contributed by atoms with Gasteiger partial charge in [-0.05, 0) is 31.0 Å². The quantitative estimate of drug-likeness (QED) is 0.878. The smallest absolute Gasteiger partial charge is 0.318 e. The van der Waals surface area contributed by atoms with Gasteiger partial charge in [0.05, 0.1) is 0 Å². The second kappa shape index (κ2) is 6.90. The number of carbonyl (C=O) groups is 1. The van der Waals surface area contributed by atoms with E-state index in [0.717, 1.165) is 25.1 Å². The molecule has 1 saturated carbocycles. The summed E-state index contributed by atoms with van der Waals surface area (Å²) in [7, 11) is 0. The summed E-state index contributed by atoms with van der Waals surface area (Å²) < 4.78 is 16.6. The topological polar surface area (TPSA) is 37.3 Å². The zero-order chi connectivity index (χ0) is 17.2. The SMILES string of the molecule is O=C(NC1CCCCC1)N1CCn2cccc2[C@@H]1c1ccccc1F. The van der Waals surface area contributed by atoms with Crippen molar-refractivity contribution in [2.45, 2.75) is 50.7 Å². The Morgan fingerprint density at radius 3 is 2.64 bits per heavy atom. The predicted molar refractivity (Wildman–Crippen MR) is 94.8 cm³/mol. The normalized spacial score (nSPS) is 21.0. The van der Waals surface area contributed by atoms with Gasteiger partial charge in [0.1, 0.15) is 11.9 Å². The van der Waals surface area contributed by atoms with E-state index in [1.54, 1.807) is 17.0 Å². The molecule has 1 atom stereocenters. The standard InChI is InChI=1S/C20H24FN3O/c21-17-10-5-4-9-16(17)19-18-11-6-12-23(18)13-14-24(19)20(25)22-15-7-2-1-3-8-15/h4-6,9-12,15,19H,1-3,7-8,13-14H2,(H,22,25)/t19-/m0/s1. The lowest BCUT2D eigenvalue weighted by atomic mass is 9.95. The van der Waals surface area contributed by atoms with E-state index < -0.39 is 0 Å². The van der Waals surface area contributed by atoms with Crippen molar-refractivity contribution in [2.75, 3.05) is 6.54 Å². The number of aromatic nitrogens is 1. The number of carbonyl (C=O) groups excluding carboxylic acids is 1. The van der Waals surface area contributed by atoms with E-state index in [-0.39, 0.29) is 23.9 Å². The first-order valence-corrected chi connectivity index (χ1v) is 9.20. The number of fused-ring (bicyclic) bond motifs is 1. The van der Waals surface area contributed by atoms with Gasteiger partial charge < -0.3 is 14.8 Å². The van der Waals surface area contributed by atoms with Gasteiger partial charge in [-0.3, -0.25) is 0 Å². The summed E-state index contributed by atoms with van der Waals surface area (Å²) in [6, 6.07) is 10.5. The fourth-order valence-corrected chi connectivity index (χ4v) is 4.13. The number of hydrogen-bond donors (Lipinski definition) is 1. The molecule has 0 bridgehead atoms. The average Bonchev–Trinajstić information content (AvgIpc) is 3.11. The zero-order valence-electron chi connectivity index (χ0n) is 14.3. The Balaban J connectivity index is 1.64. The van der Waals surface area contributed by atoms with Crippen molar-refractivity contribution in [3.8, 4) is 0 Å². The molecule has 1 aromatic carbocycles. The number of nitrogens with zero attached hydrogens (tertiary/aromatic N) is 2. The highest BCUT2D eigenvalue weighted by atomic mass is 19.1. The van der Waals surface area contributed by atoms with Crippen LogP contribution >= 0.6 is 0 Å². The minimum Gasteiger partial charge on any atom is -0.348 e. The molecule has 2 aliphatic rings. The maximum atomic E-state index is 14.5. The van der Waals surface area contributed by atoms with Crippen LogP contribution < -0.4 is 5.32 Å². The number of rotatable bonds is 2. The molecule has 5 heteroatoms. The van der Waals surface area contributed by atoms with Crippen LogP contribution in [0.4, 0.5) is 9.18 Å². The van der Waals surface area contributed by atoms with E-state index in [0.29, 0.717) is 12.1 Å². The third-order valence-corrected chi connectivity index (χ3v) is 5.43. The lowest BCUT2D eigenvalue weighted by Gasteiger charge is -2.38. The van der Waals surface area contributed by atoms with E-state index >= 15 is 0 Å². The summed E-state index contributed by atoms with van der Waals surface area (Å²) >= 11 is 0. The molecule has 132 valence electrons. The fourth-order valence-electron chi connectivity index (χ4n) is 4.13. The first-order valence-electron chi connectivity index (χ1n) is 9.20. The molecule has 1 N–H and O–H groups in total. The van der Waals surface area contributed by atoms with Crippen molar-refractivity contribution in [3.05, 3.63) is 59.7 Å². The van der Waals surface area contributed by atoms with Gasteiger partial charge in [0, 0.05) is 36.6 Å². The summed E-state index contributed by atoms with van der Waals surface area (Å²) in [5.74, 6) is -0.266. The van der Waals surface area contributed by atoms with Crippen LogP contribution in [0, 0.1) is 5.82 Å². The van der Waals surface area contributed by atoms with Crippen molar-refractivity contribution in [3.63, 3.8) is 0 Å². The largest absolute Gasteiger partial charge is 0.348 e.